The van der Waals surface area contributed by atoms with E-state index < -0.39 is 6.10 Å². The lowest BCUT2D eigenvalue weighted by Gasteiger charge is -2.33. The second-order valence-corrected chi connectivity index (χ2v) is 6.03. The fourth-order valence-corrected chi connectivity index (χ4v) is 3.17. The third kappa shape index (κ3) is 3.16. The van der Waals surface area contributed by atoms with E-state index in [0.29, 0.717) is 11.5 Å². The largest absolute Gasteiger partial charge is 0.493 e. The maximum atomic E-state index is 10.9. The lowest BCUT2D eigenvalue weighted by atomic mass is 9.90. The number of aliphatic hydroxyl groups is 1. The molecule has 4 heteroatoms. The van der Waals surface area contributed by atoms with Crippen molar-refractivity contribution in [3.63, 3.8) is 0 Å². The zero-order valence-electron chi connectivity index (χ0n) is 14.3. The van der Waals surface area contributed by atoms with Gasteiger partial charge in [-0.1, -0.05) is 42.5 Å². The molecule has 126 valence electrons. The molecule has 0 unspecified atom stereocenters. The summed E-state index contributed by atoms with van der Waals surface area (Å²) in [5, 5.41) is 10.9. The summed E-state index contributed by atoms with van der Waals surface area (Å²) in [5.74, 6) is 1.30. The average Bonchev–Trinajstić information content (AvgIpc) is 2.61. The first kappa shape index (κ1) is 16.6. The van der Waals surface area contributed by atoms with Crippen molar-refractivity contribution in [3.05, 3.63) is 65.2 Å². The SMILES string of the molecule is COc1cc2c(cc1OC)[C@@H](O)[C@H](N(C)Cc1ccccc1)C=C2. The van der Waals surface area contributed by atoms with E-state index in [1.54, 1.807) is 14.2 Å². The number of hydrogen-bond donors (Lipinski definition) is 1. The minimum absolute atomic E-state index is 0.0872. The second kappa shape index (κ2) is 7.07. The second-order valence-electron chi connectivity index (χ2n) is 6.03. The van der Waals surface area contributed by atoms with Gasteiger partial charge in [0.2, 0.25) is 0 Å². The van der Waals surface area contributed by atoms with E-state index in [9.17, 15) is 5.11 Å². The number of rotatable bonds is 5. The van der Waals surface area contributed by atoms with E-state index in [0.717, 1.165) is 17.7 Å². The Bertz CT molecular complexity index is 727. The normalized spacial score (nSPS) is 19.2. The molecule has 0 heterocycles. The predicted molar refractivity (Wildman–Crippen MR) is 95.2 cm³/mol. The van der Waals surface area contributed by atoms with Crippen molar-refractivity contribution in [3.8, 4) is 11.5 Å². The van der Waals surface area contributed by atoms with Crippen molar-refractivity contribution in [1.29, 1.82) is 0 Å². The molecule has 0 radical (unpaired) electrons. The maximum absolute atomic E-state index is 10.9. The van der Waals surface area contributed by atoms with Gasteiger partial charge in [-0.2, -0.15) is 0 Å². The third-order valence-electron chi connectivity index (χ3n) is 4.49. The molecular weight excluding hydrogens is 302 g/mol. The van der Waals surface area contributed by atoms with Crippen LogP contribution in [0.1, 0.15) is 22.8 Å². The van der Waals surface area contributed by atoms with E-state index in [1.807, 2.05) is 49.5 Å². The van der Waals surface area contributed by atoms with Crippen LogP contribution in [0.2, 0.25) is 0 Å². The summed E-state index contributed by atoms with van der Waals surface area (Å²) in [6.07, 6.45) is 3.47. The van der Waals surface area contributed by atoms with Gasteiger partial charge in [-0.3, -0.25) is 4.90 Å². The number of hydrogen-bond acceptors (Lipinski definition) is 4. The Morgan fingerprint density at radius 3 is 2.38 bits per heavy atom. The Morgan fingerprint density at radius 2 is 1.71 bits per heavy atom. The molecule has 0 saturated carbocycles. The highest BCUT2D eigenvalue weighted by Crippen LogP contribution is 2.38. The predicted octanol–water partition coefficient (Wildman–Crippen LogP) is 3.26. The minimum Gasteiger partial charge on any atom is -0.493 e. The zero-order valence-corrected chi connectivity index (χ0v) is 14.3. The maximum Gasteiger partial charge on any atom is 0.161 e. The Labute approximate surface area is 142 Å². The molecule has 0 aromatic heterocycles. The summed E-state index contributed by atoms with van der Waals surface area (Å²) in [7, 11) is 5.24. The van der Waals surface area contributed by atoms with Gasteiger partial charge in [0, 0.05) is 6.54 Å². The molecule has 1 aliphatic carbocycles. The van der Waals surface area contributed by atoms with Crippen LogP contribution in [-0.4, -0.2) is 37.3 Å². The lowest BCUT2D eigenvalue weighted by Crippen LogP contribution is -2.36. The molecular formula is C20H23NO3. The minimum atomic E-state index is -0.612. The Morgan fingerprint density at radius 1 is 1.04 bits per heavy atom. The summed E-state index contributed by atoms with van der Waals surface area (Å²) in [4.78, 5) is 2.15. The third-order valence-corrected chi connectivity index (χ3v) is 4.49. The molecule has 0 spiro atoms. The van der Waals surface area contributed by atoms with E-state index in [1.165, 1.54) is 5.56 Å². The van der Waals surface area contributed by atoms with Gasteiger partial charge in [-0.05, 0) is 35.9 Å². The molecule has 1 aliphatic rings. The average molecular weight is 325 g/mol. The van der Waals surface area contributed by atoms with Crippen LogP contribution in [0, 0.1) is 0 Å². The number of aliphatic hydroxyl groups excluding tert-OH is 1. The van der Waals surface area contributed by atoms with Crippen LogP contribution in [0.5, 0.6) is 11.5 Å². The summed E-state index contributed by atoms with van der Waals surface area (Å²) < 4.78 is 10.7. The number of nitrogens with zero attached hydrogens (tertiary/aromatic N) is 1. The summed E-state index contributed by atoms with van der Waals surface area (Å²) in [6.45, 7) is 0.773. The van der Waals surface area contributed by atoms with Gasteiger partial charge in [-0.25, -0.2) is 0 Å². The fourth-order valence-electron chi connectivity index (χ4n) is 3.17. The Hall–Kier alpha value is -2.30. The number of benzene rings is 2. The molecule has 0 saturated heterocycles. The van der Waals surface area contributed by atoms with Crippen LogP contribution >= 0.6 is 0 Å². The molecule has 24 heavy (non-hydrogen) atoms. The molecule has 3 rings (SSSR count). The summed E-state index contributed by atoms with van der Waals surface area (Å²) in [6, 6.07) is 13.9. The summed E-state index contributed by atoms with van der Waals surface area (Å²) >= 11 is 0. The highest BCUT2D eigenvalue weighted by atomic mass is 16.5. The highest BCUT2D eigenvalue weighted by molar-refractivity contribution is 5.64. The fraction of sp³-hybridized carbons (Fsp3) is 0.300. The zero-order chi connectivity index (χ0) is 17.1. The molecule has 0 fully saturated rings. The monoisotopic (exact) mass is 325 g/mol. The van der Waals surface area contributed by atoms with Gasteiger partial charge >= 0.3 is 0 Å². The molecule has 1 N–H and O–H groups in total. The molecule has 0 amide bonds. The van der Waals surface area contributed by atoms with Crippen LogP contribution in [0.3, 0.4) is 0 Å². The van der Waals surface area contributed by atoms with Gasteiger partial charge in [0.25, 0.3) is 0 Å². The Kier molecular flexibility index (Phi) is 4.88. The van der Waals surface area contributed by atoms with Gasteiger partial charge in [0.05, 0.1) is 26.4 Å². The van der Waals surface area contributed by atoms with E-state index >= 15 is 0 Å². The Balaban J connectivity index is 1.85. The number of ether oxygens (including phenoxy) is 2. The van der Waals surface area contributed by atoms with Gasteiger partial charge < -0.3 is 14.6 Å². The van der Waals surface area contributed by atoms with Crippen LogP contribution in [0.25, 0.3) is 6.08 Å². The van der Waals surface area contributed by atoms with Crippen molar-refractivity contribution in [2.75, 3.05) is 21.3 Å². The first-order valence-corrected chi connectivity index (χ1v) is 8.00. The van der Waals surface area contributed by atoms with Crippen molar-refractivity contribution in [1.82, 2.24) is 4.90 Å². The van der Waals surface area contributed by atoms with Crippen molar-refractivity contribution in [2.45, 2.75) is 18.7 Å². The standard InChI is InChI=1S/C20H23NO3/c1-21(13-14-7-5-4-6-8-14)17-10-9-15-11-18(23-2)19(24-3)12-16(15)20(17)22/h4-12,17,20,22H,13H2,1-3H3/t17-,20-/m1/s1. The van der Waals surface area contributed by atoms with Crippen molar-refractivity contribution >= 4 is 6.08 Å². The first-order valence-electron chi connectivity index (χ1n) is 8.00. The van der Waals surface area contributed by atoms with Crippen LogP contribution in [-0.2, 0) is 6.54 Å². The first-order chi connectivity index (χ1) is 11.6. The lowest BCUT2D eigenvalue weighted by molar-refractivity contribution is 0.0825. The van der Waals surface area contributed by atoms with Crippen molar-refractivity contribution in [2.24, 2.45) is 0 Å². The van der Waals surface area contributed by atoms with E-state index in [2.05, 4.69) is 17.0 Å². The molecule has 2 atom stereocenters. The molecule has 0 bridgehead atoms. The van der Waals surface area contributed by atoms with E-state index in [4.69, 9.17) is 9.47 Å². The van der Waals surface area contributed by atoms with Crippen molar-refractivity contribution < 1.29 is 14.6 Å². The van der Waals surface area contributed by atoms with Gasteiger partial charge in [0.15, 0.2) is 11.5 Å². The summed E-state index contributed by atoms with van der Waals surface area (Å²) in [5.41, 5.74) is 3.04. The van der Waals surface area contributed by atoms with Gasteiger partial charge in [-0.15, -0.1) is 0 Å². The number of methoxy groups -OCH3 is 2. The smallest absolute Gasteiger partial charge is 0.161 e. The molecule has 0 aliphatic heterocycles. The van der Waals surface area contributed by atoms with E-state index in [-0.39, 0.29) is 6.04 Å². The molecule has 2 aromatic rings. The molecule has 2 aromatic carbocycles. The van der Waals surface area contributed by atoms with Gasteiger partial charge in [0.1, 0.15) is 0 Å². The topological polar surface area (TPSA) is 41.9 Å². The number of likely N-dealkylation sites (N-methyl/N-ethyl adjacent to an activating group) is 1. The number of fused-ring (bicyclic) bond motifs is 1. The van der Waals surface area contributed by atoms with Crippen LogP contribution < -0.4 is 9.47 Å². The highest BCUT2D eigenvalue weighted by Gasteiger charge is 2.28. The molecule has 4 nitrogen and oxygen atoms in total. The van der Waals surface area contributed by atoms with Crippen LogP contribution in [0.15, 0.2) is 48.5 Å². The quantitative estimate of drug-likeness (QED) is 0.916. The van der Waals surface area contributed by atoms with Crippen LogP contribution in [0.4, 0.5) is 0 Å².